The van der Waals surface area contributed by atoms with Crippen LogP contribution in [0.3, 0.4) is 0 Å². The Balaban J connectivity index is 1.43. The summed E-state index contributed by atoms with van der Waals surface area (Å²) in [5.41, 5.74) is 3.92. The van der Waals surface area contributed by atoms with Crippen LogP contribution in [0, 0.1) is 0 Å². The summed E-state index contributed by atoms with van der Waals surface area (Å²) in [6.07, 6.45) is 4.09. The van der Waals surface area contributed by atoms with Crippen molar-refractivity contribution in [2.45, 2.75) is 38.7 Å². The zero-order valence-electron chi connectivity index (χ0n) is 18.5. The third kappa shape index (κ3) is 4.30. The van der Waals surface area contributed by atoms with E-state index in [1.807, 2.05) is 42.2 Å². The maximum Gasteiger partial charge on any atom is 0.268 e. The molecule has 0 bridgehead atoms. The normalized spacial score (nSPS) is 19.0. The number of carbonyl (C=O) groups excluding carboxylic acids is 1. The average Bonchev–Trinajstić information content (AvgIpc) is 3.34. The number of hydrogen-bond donors (Lipinski definition) is 0. The Hall–Kier alpha value is -2.70. The number of piperidine rings is 1. The van der Waals surface area contributed by atoms with Gasteiger partial charge in [-0.2, -0.15) is 0 Å². The molecule has 1 aromatic heterocycles. The number of amides is 1. The summed E-state index contributed by atoms with van der Waals surface area (Å²) < 4.78 is 6.06. The number of nitrogens with zero attached hydrogens (tertiary/aromatic N) is 3. The lowest BCUT2D eigenvalue weighted by Gasteiger charge is -2.36. The van der Waals surface area contributed by atoms with Crippen molar-refractivity contribution >= 4 is 22.9 Å². The fourth-order valence-electron chi connectivity index (χ4n) is 4.52. The van der Waals surface area contributed by atoms with Crippen LogP contribution in [-0.2, 0) is 4.79 Å². The minimum Gasteiger partial charge on any atom is -0.478 e. The average molecular weight is 448 g/mol. The van der Waals surface area contributed by atoms with Crippen LogP contribution >= 0.6 is 11.3 Å². The third-order valence-corrected chi connectivity index (χ3v) is 7.23. The minimum atomic E-state index is -0.404. The van der Waals surface area contributed by atoms with Gasteiger partial charge in [0.05, 0.1) is 11.4 Å². The van der Waals surface area contributed by atoms with Crippen molar-refractivity contribution in [3.8, 4) is 27.6 Å². The smallest absolute Gasteiger partial charge is 0.268 e. The van der Waals surface area contributed by atoms with Crippen LogP contribution in [0.2, 0.25) is 0 Å². The second-order valence-corrected chi connectivity index (χ2v) is 9.35. The van der Waals surface area contributed by atoms with E-state index in [0.717, 1.165) is 52.9 Å². The van der Waals surface area contributed by atoms with Gasteiger partial charge in [0.2, 0.25) is 0 Å². The van der Waals surface area contributed by atoms with Crippen LogP contribution < -0.4 is 9.64 Å². The Kier molecular flexibility index (Phi) is 6.23. The molecule has 1 unspecified atom stereocenters. The highest BCUT2D eigenvalue weighted by atomic mass is 32.1. The van der Waals surface area contributed by atoms with Crippen molar-refractivity contribution in [1.29, 1.82) is 0 Å². The summed E-state index contributed by atoms with van der Waals surface area (Å²) in [6.45, 7) is 5.86. The van der Waals surface area contributed by atoms with E-state index in [2.05, 4.69) is 28.5 Å². The van der Waals surface area contributed by atoms with Crippen molar-refractivity contribution in [2.75, 3.05) is 31.1 Å². The molecule has 0 spiro atoms. The highest BCUT2D eigenvalue weighted by molar-refractivity contribution is 7.13. The van der Waals surface area contributed by atoms with Gasteiger partial charge in [0.15, 0.2) is 6.10 Å². The zero-order valence-corrected chi connectivity index (χ0v) is 19.3. The predicted octanol–water partition coefficient (Wildman–Crippen LogP) is 5.47. The largest absolute Gasteiger partial charge is 0.478 e. The number of likely N-dealkylation sites (tertiary alicyclic amines) is 1. The van der Waals surface area contributed by atoms with Crippen LogP contribution in [0.25, 0.3) is 21.8 Å². The molecule has 2 aliphatic heterocycles. The fraction of sp³-hybridized carbons (Fsp3) is 0.385. The molecule has 1 saturated heterocycles. The number of ether oxygens (including phenoxy) is 1. The van der Waals surface area contributed by atoms with Gasteiger partial charge in [-0.3, -0.25) is 4.79 Å². The Morgan fingerprint density at radius 2 is 1.84 bits per heavy atom. The van der Waals surface area contributed by atoms with Crippen LogP contribution in [-0.4, -0.2) is 48.1 Å². The summed E-state index contributed by atoms with van der Waals surface area (Å²) in [6, 6.07) is 16.3. The lowest BCUT2D eigenvalue weighted by Crippen LogP contribution is -2.48. The first kappa shape index (κ1) is 21.2. The maximum absolute atomic E-state index is 13.2. The van der Waals surface area contributed by atoms with E-state index in [4.69, 9.17) is 9.72 Å². The van der Waals surface area contributed by atoms with Crippen molar-refractivity contribution in [3.63, 3.8) is 0 Å². The fourth-order valence-corrected chi connectivity index (χ4v) is 5.35. The van der Waals surface area contributed by atoms with Crippen LogP contribution in [0.4, 0.5) is 5.69 Å². The monoisotopic (exact) mass is 447 g/mol. The summed E-state index contributed by atoms with van der Waals surface area (Å²) in [4.78, 5) is 22.5. The number of fused-ring (bicyclic) bond motifs is 1. The molecule has 1 amide bonds. The van der Waals surface area contributed by atoms with Gasteiger partial charge < -0.3 is 14.5 Å². The minimum absolute atomic E-state index is 0.0670. The molecule has 3 heterocycles. The molecule has 0 aliphatic carbocycles. The number of rotatable bonds is 6. The van der Waals surface area contributed by atoms with E-state index >= 15 is 0 Å². The molecule has 0 N–H and O–H groups in total. The molecule has 0 saturated carbocycles. The lowest BCUT2D eigenvalue weighted by molar-refractivity contribution is -0.126. The number of hydrogen-bond acceptors (Lipinski definition) is 5. The first-order chi connectivity index (χ1) is 15.7. The first-order valence-electron chi connectivity index (χ1n) is 11.6. The zero-order chi connectivity index (χ0) is 21.9. The first-order valence-corrected chi connectivity index (χ1v) is 12.5. The molecule has 0 radical (unpaired) electrons. The quantitative estimate of drug-likeness (QED) is 0.503. The van der Waals surface area contributed by atoms with Gasteiger partial charge in [-0.25, -0.2) is 4.98 Å². The highest BCUT2D eigenvalue weighted by Crippen LogP contribution is 2.39. The second-order valence-electron chi connectivity index (χ2n) is 8.49. The molecule has 1 fully saturated rings. The summed E-state index contributed by atoms with van der Waals surface area (Å²) in [7, 11) is 0. The lowest BCUT2D eigenvalue weighted by atomic mass is 10.1. The van der Waals surface area contributed by atoms with E-state index < -0.39 is 6.10 Å². The van der Waals surface area contributed by atoms with E-state index in [1.54, 1.807) is 11.3 Å². The van der Waals surface area contributed by atoms with Gasteiger partial charge in [0.25, 0.3) is 5.91 Å². The molecule has 5 rings (SSSR count). The van der Waals surface area contributed by atoms with Gasteiger partial charge in [0.1, 0.15) is 10.8 Å². The molecule has 3 aromatic rings. The Morgan fingerprint density at radius 3 is 2.62 bits per heavy atom. The van der Waals surface area contributed by atoms with Crippen LogP contribution in [0.5, 0.6) is 5.75 Å². The number of benzene rings is 2. The molecule has 1 atom stereocenters. The van der Waals surface area contributed by atoms with E-state index in [0.29, 0.717) is 13.0 Å². The van der Waals surface area contributed by atoms with Gasteiger partial charge >= 0.3 is 0 Å². The van der Waals surface area contributed by atoms with Crippen molar-refractivity contribution in [1.82, 2.24) is 9.88 Å². The molecule has 6 heteroatoms. The van der Waals surface area contributed by atoms with Crippen LogP contribution in [0.15, 0.2) is 53.9 Å². The second kappa shape index (κ2) is 9.43. The highest BCUT2D eigenvalue weighted by Gasteiger charge is 2.33. The molecule has 5 nitrogen and oxygen atoms in total. The Morgan fingerprint density at radius 1 is 1.03 bits per heavy atom. The maximum atomic E-state index is 13.2. The van der Waals surface area contributed by atoms with Crippen molar-refractivity contribution < 1.29 is 9.53 Å². The van der Waals surface area contributed by atoms with E-state index in [1.165, 1.54) is 19.3 Å². The molecule has 32 heavy (non-hydrogen) atoms. The summed E-state index contributed by atoms with van der Waals surface area (Å²) in [5.74, 6) is 0.856. The molecule has 166 valence electrons. The number of aromatic nitrogens is 1. The van der Waals surface area contributed by atoms with Crippen LogP contribution in [0.1, 0.15) is 32.6 Å². The SMILES string of the molecule is CCC1Oc2ccc(-c3csc(-c4ccccc4)n3)cc2N(CCN2CCCCC2)C1=O. The van der Waals surface area contributed by atoms with Crippen molar-refractivity contribution in [2.24, 2.45) is 0 Å². The van der Waals surface area contributed by atoms with E-state index in [9.17, 15) is 4.79 Å². The van der Waals surface area contributed by atoms with Gasteiger partial charge in [-0.1, -0.05) is 43.7 Å². The Bertz CT molecular complexity index is 1080. The Labute approximate surface area is 193 Å². The van der Waals surface area contributed by atoms with Gasteiger partial charge in [-0.15, -0.1) is 11.3 Å². The molecular weight excluding hydrogens is 418 g/mol. The van der Waals surface area contributed by atoms with Gasteiger partial charge in [0, 0.05) is 29.6 Å². The van der Waals surface area contributed by atoms with E-state index in [-0.39, 0.29) is 5.91 Å². The number of thiazole rings is 1. The third-order valence-electron chi connectivity index (χ3n) is 6.34. The van der Waals surface area contributed by atoms with Gasteiger partial charge in [-0.05, 0) is 50.6 Å². The molecule has 2 aliphatic rings. The number of anilines is 1. The predicted molar refractivity (Wildman–Crippen MR) is 130 cm³/mol. The topological polar surface area (TPSA) is 45.7 Å². The standard InChI is InChI=1S/C26H29N3O2S/c1-2-23-26(30)29(16-15-28-13-7-4-8-14-28)22-17-20(11-12-24(22)31-23)21-18-32-25(27-21)19-9-5-3-6-10-19/h3,5-6,9-12,17-18,23H,2,4,7-8,13-16H2,1H3. The molecular formula is C26H29N3O2S. The molecule has 2 aromatic carbocycles. The summed E-state index contributed by atoms with van der Waals surface area (Å²) in [5, 5.41) is 3.08. The van der Waals surface area contributed by atoms with Crippen molar-refractivity contribution in [3.05, 3.63) is 53.9 Å². The summed E-state index contributed by atoms with van der Waals surface area (Å²) >= 11 is 1.64. The number of carbonyl (C=O) groups is 1.